The van der Waals surface area contributed by atoms with Crippen LogP contribution in [0, 0.1) is 6.92 Å². The Morgan fingerprint density at radius 3 is 2.93 bits per heavy atom. The highest BCUT2D eigenvalue weighted by atomic mass is 35.5. The number of nitrogens with zero attached hydrogens (tertiary/aromatic N) is 3. The second-order valence-corrected chi connectivity index (χ2v) is 3.15. The van der Waals surface area contributed by atoms with Gasteiger partial charge in [-0.3, -0.25) is 0 Å². The Labute approximate surface area is 86.4 Å². The maximum Gasteiger partial charge on any atom is 0.156 e. The van der Waals surface area contributed by atoms with Gasteiger partial charge in [-0.25, -0.2) is 15.0 Å². The number of hydrogen-bond acceptors (Lipinski definition) is 3. The molecule has 2 aromatic rings. The summed E-state index contributed by atoms with van der Waals surface area (Å²) in [7, 11) is 0. The van der Waals surface area contributed by atoms with E-state index in [1.165, 1.54) is 0 Å². The van der Waals surface area contributed by atoms with Crippen molar-refractivity contribution in [2.45, 2.75) is 12.8 Å². The topological polar surface area (TPSA) is 54.5 Å². The molecule has 2 rings (SSSR count). The van der Waals surface area contributed by atoms with Crippen molar-refractivity contribution in [2.24, 2.45) is 0 Å². The van der Waals surface area contributed by atoms with Gasteiger partial charge in [-0.1, -0.05) is 0 Å². The number of aromatic nitrogens is 4. The van der Waals surface area contributed by atoms with Crippen molar-refractivity contribution in [3.8, 4) is 11.5 Å². The van der Waals surface area contributed by atoms with Gasteiger partial charge in [0, 0.05) is 18.1 Å². The molecule has 0 aliphatic heterocycles. The van der Waals surface area contributed by atoms with E-state index in [4.69, 9.17) is 11.6 Å². The summed E-state index contributed by atoms with van der Waals surface area (Å²) in [6.07, 6.45) is 3.42. The van der Waals surface area contributed by atoms with Crippen LogP contribution in [-0.4, -0.2) is 19.9 Å². The standard InChI is InChI=1S/C9H9ClN4/c1-6-11-3-2-8(13-6)9-12-5-7(4-10)14-9/h2-3,5H,4H2,1H3,(H,12,14). The van der Waals surface area contributed by atoms with Crippen molar-refractivity contribution in [3.63, 3.8) is 0 Å². The molecule has 0 spiro atoms. The van der Waals surface area contributed by atoms with Crippen LogP contribution in [0.5, 0.6) is 0 Å². The van der Waals surface area contributed by atoms with E-state index in [0.717, 1.165) is 23.0 Å². The summed E-state index contributed by atoms with van der Waals surface area (Å²) in [5, 5.41) is 0. The number of alkyl halides is 1. The van der Waals surface area contributed by atoms with Crippen LogP contribution in [0.4, 0.5) is 0 Å². The lowest BCUT2D eigenvalue weighted by atomic mass is 10.4. The molecule has 5 heteroatoms. The predicted octanol–water partition coefficient (Wildman–Crippen LogP) is 1.91. The third-order valence-electron chi connectivity index (χ3n) is 1.79. The number of halogens is 1. The van der Waals surface area contributed by atoms with Crippen LogP contribution in [-0.2, 0) is 5.88 Å². The normalized spacial score (nSPS) is 10.4. The van der Waals surface area contributed by atoms with Crippen LogP contribution in [0.3, 0.4) is 0 Å². The Bertz CT molecular complexity index is 438. The van der Waals surface area contributed by atoms with Crippen LogP contribution in [0.15, 0.2) is 18.5 Å². The molecule has 0 atom stereocenters. The van der Waals surface area contributed by atoms with Gasteiger partial charge in [0.25, 0.3) is 0 Å². The molecule has 0 amide bonds. The van der Waals surface area contributed by atoms with Gasteiger partial charge in [-0.15, -0.1) is 11.6 Å². The maximum absolute atomic E-state index is 5.65. The molecule has 0 aliphatic carbocycles. The van der Waals surface area contributed by atoms with Crippen molar-refractivity contribution >= 4 is 11.6 Å². The largest absolute Gasteiger partial charge is 0.340 e. The summed E-state index contributed by atoms with van der Waals surface area (Å²) in [6.45, 7) is 1.84. The average molecular weight is 209 g/mol. The van der Waals surface area contributed by atoms with Crippen molar-refractivity contribution in [1.82, 2.24) is 19.9 Å². The Hall–Kier alpha value is -1.42. The lowest BCUT2D eigenvalue weighted by molar-refractivity contribution is 1.04. The highest BCUT2D eigenvalue weighted by Gasteiger charge is 2.04. The van der Waals surface area contributed by atoms with Crippen molar-refractivity contribution < 1.29 is 0 Å². The molecule has 2 aromatic heterocycles. The van der Waals surface area contributed by atoms with Crippen molar-refractivity contribution in [2.75, 3.05) is 0 Å². The molecule has 0 saturated heterocycles. The second kappa shape index (κ2) is 3.75. The van der Waals surface area contributed by atoms with Gasteiger partial charge in [0.15, 0.2) is 5.82 Å². The minimum absolute atomic E-state index is 0.428. The molecule has 0 saturated carbocycles. The summed E-state index contributed by atoms with van der Waals surface area (Å²) >= 11 is 5.65. The smallest absolute Gasteiger partial charge is 0.156 e. The fourth-order valence-corrected chi connectivity index (χ4v) is 1.28. The number of aromatic amines is 1. The number of rotatable bonds is 2. The minimum atomic E-state index is 0.428. The van der Waals surface area contributed by atoms with Gasteiger partial charge in [-0.05, 0) is 13.0 Å². The Morgan fingerprint density at radius 2 is 2.29 bits per heavy atom. The van der Waals surface area contributed by atoms with Gasteiger partial charge in [0.2, 0.25) is 0 Å². The van der Waals surface area contributed by atoms with E-state index < -0.39 is 0 Å². The molecule has 14 heavy (non-hydrogen) atoms. The lowest BCUT2D eigenvalue weighted by Gasteiger charge is -1.96. The third-order valence-corrected chi connectivity index (χ3v) is 2.08. The van der Waals surface area contributed by atoms with Gasteiger partial charge in [0.05, 0.1) is 5.88 Å². The van der Waals surface area contributed by atoms with Gasteiger partial charge < -0.3 is 4.98 Å². The Morgan fingerprint density at radius 1 is 1.43 bits per heavy atom. The molecule has 4 nitrogen and oxygen atoms in total. The monoisotopic (exact) mass is 208 g/mol. The number of imidazole rings is 1. The Balaban J connectivity index is 2.39. The van der Waals surface area contributed by atoms with Gasteiger partial charge >= 0.3 is 0 Å². The fourth-order valence-electron chi connectivity index (χ4n) is 1.15. The molecule has 0 unspecified atom stereocenters. The number of aryl methyl sites for hydroxylation is 1. The second-order valence-electron chi connectivity index (χ2n) is 2.88. The molecule has 0 fully saturated rings. The molecule has 1 N–H and O–H groups in total. The van der Waals surface area contributed by atoms with Crippen molar-refractivity contribution in [1.29, 1.82) is 0 Å². The zero-order valence-corrected chi connectivity index (χ0v) is 8.41. The molecule has 72 valence electrons. The molecule has 0 radical (unpaired) electrons. The fraction of sp³-hybridized carbons (Fsp3) is 0.222. The first kappa shape index (κ1) is 9.15. The van der Waals surface area contributed by atoms with E-state index in [0.29, 0.717) is 5.88 Å². The predicted molar refractivity (Wildman–Crippen MR) is 53.9 cm³/mol. The number of nitrogens with one attached hydrogen (secondary N) is 1. The lowest BCUT2D eigenvalue weighted by Crippen LogP contribution is -1.91. The SMILES string of the molecule is Cc1nccc(-c2ncc(CCl)[nH]2)n1. The Kier molecular flexibility index (Phi) is 2.45. The summed E-state index contributed by atoms with van der Waals surface area (Å²) in [5.41, 5.74) is 1.67. The highest BCUT2D eigenvalue weighted by molar-refractivity contribution is 6.16. The van der Waals surface area contributed by atoms with E-state index in [-0.39, 0.29) is 0 Å². The van der Waals surface area contributed by atoms with E-state index in [1.807, 2.05) is 13.0 Å². The van der Waals surface area contributed by atoms with Crippen LogP contribution in [0.1, 0.15) is 11.5 Å². The summed E-state index contributed by atoms with van der Waals surface area (Å²) in [6, 6.07) is 1.81. The number of H-pyrrole nitrogens is 1. The first-order valence-electron chi connectivity index (χ1n) is 4.19. The van der Waals surface area contributed by atoms with E-state index in [9.17, 15) is 0 Å². The van der Waals surface area contributed by atoms with Crippen LogP contribution in [0.2, 0.25) is 0 Å². The van der Waals surface area contributed by atoms with Crippen LogP contribution >= 0.6 is 11.6 Å². The van der Waals surface area contributed by atoms with Crippen LogP contribution in [0.25, 0.3) is 11.5 Å². The average Bonchev–Trinajstić information content (AvgIpc) is 2.66. The number of hydrogen-bond donors (Lipinski definition) is 1. The quantitative estimate of drug-likeness (QED) is 0.768. The highest BCUT2D eigenvalue weighted by Crippen LogP contribution is 2.12. The maximum atomic E-state index is 5.65. The molecule has 0 aromatic carbocycles. The molecule has 0 aliphatic rings. The van der Waals surface area contributed by atoms with Crippen LogP contribution < -0.4 is 0 Å². The minimum Gasteiger partial charge on any atom is -0.340 e. The zero-order valence-electron chi connectivity index (χ0n) is 7.66. The van der Waals surface area contributed by atoms with E-state index in [2.05, 4.69) is 19.9 Å². The van der Waals surface area contributed by atoms with E-state index in [1.54, 1.807) is 12.4 Å². The van der Waals surface area contributed by atoms with Gasteiger partial charge in [-0.2, -0.15) is 0 Å². The summed E-state index contributed by atoms with van der Waals surface area (Å²) < 4.78 is 0. The van der Waals surface area contributed by atoms with Gasteiger partial charge in [0.1, 0.15) is 11.5 Å². The summed E-state index contributed by atoms with van der Waals surface area (Å²) in [5.74, 6) is 1.88. The first-order valence-corrected chi connectivity index (χ1v) is 4.73. The molecule has 2 heterocycles. The molecular formula is C9H9ClN4. The summed E-state index contributed by atoms with van der Waals surface area (Å²) in [4.78, 5) is 15.5. The van der Waals surface area contributed by atoms with E-state index >= 15 is 0 Å². The van der Waals surface area contributed by atoms with Crippen molar-refractivity contribution in [3.05, 3.63) is 30.0 Å². The molecule has 0 bridgehead atoms. The third kappa shape index (κ3) is 1.75. The molecular weight excluding hydrogens is 200 g/mol. The zero-order chi connectivity index (χ0) is 9.97. The first-order chi connectivity index (χ1) is 6.79.